The lowest BCUT2D eigenvalue weighted by atomic mass is 9.73. The average molecular weight is 352 g/mol. The Labute approximate surface area is 156 Å². The molecule has 2 fully saturated rings. The molecule has 3 heteroatoms. The van der Waals surface area contributed by atoms with Crippen molar-refractivity contribution < 1.29 is 14.2 Å². The number of para-hydroxylation sites is 1. The van der Waals surface area contributed by atoms with Crippen molar-refractivity contribution in [3.05, 3.63) is 66.2 Å². The molecule has 0 unspecified atom stereocenters. The Morgan fingerprint density at radius 1 is 1.00 bits per heavy atom. The molecule has 0 N–H and O–H groups in total. The van der Waals surface area contributed by atoms with Crippen LogP contribution in [0.1, 0.15) is 45.6 Å². The van der Waals surface area contributed by atoms with Crippen molar-refractivity contribution in [3.8, 4) is 5.75 Å². The summed E-state index contributed by atoms with van der Waals surface area (Å²) in [7, 11) is 0. The third kappa shape index (κ3) is 3.04. The highest BCUT2D eigenvalue weighted by atomic mass is 16.6. The molecule has 2 bridgehead atoms. The Bertz CT molecular complexity index is 743. The van der Waals surface area contributed by atoms with Gasteiger partial charge in [0.2, 0.25) is 0 Å². The lowest BCUT2D eigenvalue weighted by Gasteiger charge is -2.41. The van der Waals surface area contributed by atoms with Gasteiger partial charge < -0.3 is 14.2 Å². The summed E-state index contributed by atoms with van der Waals surface area (Å²) in [5.74, 6) is 0.887. The van der Waals surface area contributed by atoms with E-state index >= 15 is 0 Å². The van der Waals surface area contributed by atoms with Crippen molar-refractivity contribution in [1.82, 2.24) is 0 Å². The standard InChI is InChI=1S/C23H28O3/c1-21(2,25-19-12-8-5-9-13-19)23-15-14-22(3,26-23)20(16-23)24-17-18-10-6-4-7-11-18/h4-13,20H,14-17H2,1-3H3/t20-,22+,23-/m0/s1. The van der Waals surface area contributed by atoms with Gasteiger partial charge in [-0.25, -0.2) is 0 Å². The van der Waals surface area contributed by atoms with Crippen LogP contribution in [-0.2, 0) is 16.1 Å². The predicted octanol–water partition coefficient (Wildman–Crippen LogP) is 5.14. The van der Waals surface area contributed by atoms with Gasteiger partial charge in [0.25, 0.3) is 0 Å². The summed E-state index contributed by atoms with van der Waals surface area (Å²) >= 11 is 0. The fraction of sp³-hybridized carbons (Fsp3) is 0.478. The van der Waals surface area contributed by atoms with E-state index in [0.717, 1.165) is 25.0 Å². The van der Waals surface area contributed by atoms with E-state index < -0.39 is 5.60 Å². The maximum absolute atomic E-state index is 6.64. The first-order valence-electron chi connectivity index (χ1n) is 9.52. The van der Waals surface area contributed by atoms with E-state index in [0.29, 0.717) is 6.61 Å². The highest BCUT2D eigenvalue weighted by Gasteiger charge is 2.66. The van der Waals surface area contributed by atoms with Crippen LogP contribution in [-0.4, -0.2) is 22.9 Å². The van der Waals surface area contributed by atoms with Crippen molar-refractivity contribution in [1.29, 1.82) is 0 Å². The van der Waals surface area contributed by atoms with Gasteiger partial charge in [0.15, 0.2) is 0 Å². The van der Waals surface area contributed by atoms with Crippen molar-refractivity contribution in [2.45, 2.75) is 69.5 Å². The molecule has 138 valence electrons. The number of hydrogen-bond donors (Lipinski definition) is 0. The number of ether oxygens (including phenoxy) is 3. The zero-order chi connectivity index (χ0) is 18.3. The van der Waals surface area contributed by atoms with Gasteiger partial charge in [-0.3, -0.25) is 0 Å². The van der Waals surface area contributed by atoms with Crippen LogP contribution < -0.4 is 4.74 Å². The van der Waals surface area contributed by atoms with E-state index in [9.17, 15) is 0 Å². The molecule has 0 radical (unpaired) electrons. The summed E-state index contributed by atoms with van der Waals surface area (Å²) in [4.78, 5) is 0. The van der Waals surface area contributed by atoms with Gasteiger partial charge >= 0.3 is 0 Å². The predicted molar refractivity (Wildman–Crippen MR) is 102 cm³/mol. The van der Waals surface area contributed by atoms with E-state index in [1.807, 2.05) is 36.4 Å². The quantitative estimate of drug-likeness (QED) is 0.720. The molecule has 0 aliphatic carbocycles. The maximum atomic E-state index is 6.64. The number of benzene rings is 2. The van der Waals surface area contributed by atoms with Crippen LogP contribution in [0, 0.1) is 0 Å². The largest absolute Gasteiger partial charge is 0.485 e. The molecule has 26 heavy (non-hydrogen) atoms. The van der Waals surface area contributed by atoms with Crippen LogP contribution in [0.2, 0.25) is 0 Å². The third-order valence-corrected chi connectivity index (χ3v) is 6.16. The molecular weight excluding hydrogens is 324 g/mol. The normalized spacial score (nSPS) is 30.5. The van der Waals surface area contributed by atoms with Gasteiger partial charge in [0.1, 0.15) is 17.0 Å². The molecule has 2 saturated heterocycles. The van der Waals surface area contributed by atoms with Crippen LogP contribution >= 0.6 is 0 Å². The van der Waals surface area contributed by atoms with Crippen molar-refractivity contribution >= 4 is 0 Å². The smallest absolute Gasteiger partial charge is 0.132 e. The molecule has 0 aromatic heterocycles. The molecule has 3 nitrogen and oxygen atoms in total. The van der Waals surface area contributed by atoms with Gasteiger partial charge in [0.05, 0.1) is 18.3 Å². The van der Waals surface area contributed by atoms with Crippen LogP contribution in [0.15, 0.2) is 60.7 Å². The van der Waals surface area contributed by atoms with Crippen LogP contribution in [0.25, 0.3) is 0 Å². The molecule has 2 aromatic carbocycles. The van der Waals surface area contributed by atoms with Gasteiger partial charge in [-0.1, -0.05) is 48.5 Å². The molecule has 0 saturated carbocycles. The number of fused-ring (bicyclic) bond motifs is 2. The summed E-state index contributed by atoms with van der Waals surface area (Å²) in [5.41, 5.74) is 0.245. The summed E-state index contributed by atoms with van der Waals surface area (Å²) in [6.45, 7) is 7.10. The zero-order valence-electron chi connectivity index (χ0n) is 15.9. The Morgan fingerprint density at radius 2 is 1.65 bits per heavy atom. The third-order valence-electron chi connectivity index (χ3n) is 6.16. The van der Waals surface area contributed by atoms with Crippen molar-refractivity contribution in [2.75, 3.05) is 0 Å². The first kappa shape index (κ1) is 17.6. The Morgan fingerprint density at radius 3 is 2.35 bits per heavy atom. The molecule has 2 aromatic rings. The molecular formula is C23H28O3. The van der Waals surface area contributed by atoms with Gasteiger partial charge in [0, 0.05) is 6.42 Å². The number of hydrogen-bond acceptors (Lipinski definition) is 3. The van der Waals surface area contributed by atoms with Crippen LogP contribution in [0.4, 0.5) is 0 Å². The monoisotopic (exact) mass is 352 g/mol. The Balaban J connectivity index is 1.49. The molecule has 2 aliphatic rings. The first-order chi connectivity index (χ1) is 12.4. The van der Waals surface area contributed by atoms with Crippen LogP contribution in [0.5, 0.6) is 5.75 Å². The summed E-state index contributed by atoms with van der Waals surface area (Å²) in [6, 6.07) is 20.4. The summed E-state index contributed by atoms with van der Waals surface area (Å²) < 4.78 is 19.3. The molecule has 2 heterocycles. The number of rotatable bonds is 6. The van der Waals surface area contributed by atoms with E-state index in [1.54, 1.807) is 0 Å². The second kappa shape index (κ2) is 6.40. The van der Waals surface area contributed by atoms with E-state index in [-0.39, 0.29) is 17.3 Å². The summed E-state index contributed by atoms with van der Waals surface area (Å²) in [6.07, 6.45) is 2.98. The Kier molecular flexibility index (Phi) is 4.32. The van der Waals surface area contributed by atoms with Crippen molar-refractivity contribution in [3.63, 3.8) is 0 Å². The minimum absolute atomic E-state index is 0.0927. The molecule has 0 spiro atoms. The lowest BCUT2D eigenvalue weighted by Crippen LogP contribution is -2.53. The second-order valence-corrected chi connectivity index (χ2v) is 8.32. The van der Waals surface area contributed by atoms with E-state index in [2.05, 4.69) is 45.0 Å². The van der Waals surface area contributed by atoms with E-state index in [1.165, 1.54) is 5.56 Å². The SMILES string of the molecule is CC(C)(Oc1ccccc1)[C@@]12CC[C@@](C)(O1)[C@@H](OCc1ccccc1)C2. The maximum Gasteiger partial charge on any atom is 0.132 e. The van der Waals surface area contributed by atoms with Gasteiger partial charge in [-0.05, 0) is 51.3 Å². The van der Waals surface area contributed by atoms with E-state index in [4.69, 9.17) is 14.2 Å². The first-order valence-corrected chi connectivity index (χ1v) is 9.52. The molecule has 0 amide bonds. The molecule has 2 aliphatic heterocycles. The fourth-order valence-electron chi connectivity index (χ4n) is 4.44. The van der Waals surface area contributed by atoms with Gasteiger partial charge in [-0.15, -0.1) is 0 Å². The highest BCUT2D eigenvalue weighted by molar-refractivity contribution is 5.24. The average Bonchev–Trinajstić information content (AvgIpc) is 3.14. The molecule has 3 atom stereocenters. The van der Waals surface area contributed by atoms with Crippen molar-refractivity contribution in [2.24, 2.45) is 0 Å². The second-order valence-electron chi connectivity index (χ2n) is 8.32. The van der Waals surface area contributed by atoms with Gasteiger partial charge in [-0.2, -0.15) is 0 Å². The summed E-state index contributed by atoms with van der Waals surface area (Å²) in [5, 5.41) is 0. The zero-order valence-corrected chi connectivity index (χ0v) is 15.9. The Hall–Kier alpha value is -1.84. The minimum atomic E-state index is -0.420. The minimum Gasteiger partial charge on any atom is -0.485 e. The topological polar surface area (TPSA) is 27.7 Å². The highest BCUT2D eigenvalue weighted by Crippen LogP contribution is 2.57. The molecule has 4 rings (SSSR count). The fourth-order valence-corrected chi connectivity index (χ4v) is 4.44. The lowest BCUT2D eigenvalue weighted by molar-refractivity contribution is -0.143. The van der Waals surface area contributed by atoms with Crippen LogP contribution in [0.3, 0.4) is 0 Å².